The molecule has 0 aliphatic rings. The minimum atomic E-state index is -0.320. The SMILES string of the molecule is CNC(=O)c1c(-c2ccc(F)cc2)nc2sc(Br)cn12. The number of halogens is 2. The van der Waals surface area contributed by atoms with E-state index in [9.17, 15) is 9.18 Å². The summed E-state index contributed by atoms with van der Waals surface area (Å²) in [5.74, 6) is -0.555. The summed E-state index contributed by atoms with van der Waals surface area (Å²) in [6, 6.07) is 5.94. The number of carbonyl (C=O) groups excluding carboxylic acids is 1. The highest BCUT2D eigenvalue weighted by Crippen LogP contribution is 2.30. The quantitative estimate of drug-likeness (QED) is 0.768. The standard InChI is InChI=1S/C13H9BrFN3OS/c1-16-12(19)11-10(7-2-4-8(15)5-3-7)17-13-18(11)6-9(14)20-13/h2-6H,1H3,(H,16,19). The molecule has 0 spiro atoms. The predicted octanol–water partition coefficient (Wildman–Crippen LogP) is 3.32. The van der Waals surface area contributed by atoms with Gasteiger partial charge in [-0.15, -0.1) is 0 Å². The van der Waals surface area contributed by atoms with Gasteiger partial charge in [0, 0.05) is 18.8 Å². The summed E-state index contributed by atoms with van der Waals surface area (Å²) < 4.78 is 15.6. The van der Waals surface area contributed by atoms with Crippen molar-refractivity contribution in [1.82, 2.24) is 14.7 Å². The Balaban J connectivity index is 2.26. The number of rotatable bonds is 2. The number of nitrogens with one attached hydrogen (secondary N) is 1. The number of hydrogen-bond donors (Lipinski definition) is 1. The molecule has 1 amide bonds. The Morgan fingerprint density at radius 2 is 2.10 bits per heavy atom. The maximum Gasteiger partial charge on any atom is 0.270 e. The van der Waals surface area contributed by atoms with Crippen molar-refractivity contribution in [3.05, 3.63) is 45.8 Å². The van der Waals surface area contributed by atoms with Gasteiger partial charge in [0.25, 0.3) is 5.91 Å². The van der Waals surface area contributed by atoms with E-state index in [4.69, 9.17) is 0 Å². The maximum atomic E-state index is 13.0. The van der Waals surface area contributed by atoms with Crippen LogP contribution in [0.2, 0.25) is 0 Å². The minimum Gasteiger partial charge on any atom is -0.354 e. The number of nitrogens with zero attached hydrogens (tertiary/aromatic N) is 2. The van der Waals surface area contributed by atoms with Crippen molar-refractivity contribution >= 4 is 38.1 Å². The van der Waals surface area contributed by atoms with Crippen molar-refractivity contribution in [1.29, 1.82) is 0 Å². The molecule has 3 aromatic rings. The lowest BCUT2D eigenvalue weighted by molar-refractivity contribution is 0.0958. The first kappa shape index (κ1) is 13.3. The molecule has 0 aliphatic carbocycles. The Labute approximate surface area is 126 Å². The van der Waals surface area contributed by atoms with Gasteiger partial charge in [0.15, 0.2) is 4.96 Å². The van der Waals surface area contributed by atoms with Crippen LogP contribution in [0.15, 0.2) is 34.2 Å². The number of thiazole rings is 1. The van der Waals surface area contributed by atoms with E-state index >= 15 is 0 Å². The first-order chi connectivity index (χ1) is 9.60. The average Bonchev–Trinajstić information content (AvgIpc) is 2.94. The van der Waals surface area contributed by atoms with E-state index in [-0.39, 0.29) is 11.7 Å². The number of benzene rings is 1. The smallest absolute Gasteiger partial charge is 0.270 e. The van der Waals surface area contributed by atoms with Crippen LogP contribution in [0.4, 0.5) is 4.39 Å². The zero-order chi connectivity index (χ0) is 14.3. The Kier molecular flexibility index (Phi) is 3.31. The Morgan fingerprint density at radius 1 is 1.40 bits per heavy atom. The van der Waals surface area contributed by atoms with Crippen LogP contribution in [-0.2, 0) is 0 Å². The summed E-state index contributed by atoms with van der Waals surface area (Å²) in [6.45, 7) is 0. The predicted molar refractivity (Wildman–Crippen MR) is 79.6 cm³/mol. The van der Waals surface area contributed by atoms with Crippen molar-refractivity contribution in [2.75, 3.05) is 7.05 Å². The summed E-state index contributed by atoms with van der Waals surface area (Å²) in [5.41, 5.74) is 1.69. The van der Waals surface area contributed by atoms with Gasteiger partial charge in [-0.25, -0.2) is 9.37 Å². The zero-order valence-corrected chi connectivity index (χ0v) is 12.8. The summed E-state index contributed by atoms with van der Waals surface area (Å²) in [5, 5.41) is 2.61. The van der Waals surface area contributed by atoms with Crippen LogP contribution in [0.5, 0.6) is 0 Å². The van der Waals surface area contributed by atoms with E-state index in [0.29, 0.717) is 21.9 Å². The molecule has 20 heavy (non-hydrogen) atoms. The molecule has 4 nitrogen and oxygen atoms in total. The largest absolute Gasteiger partial charge is 0.354 e. The molecule has 0 saturated carbocycles. The van der Waals surface area contributed by atoms with Gasteiger partial charge >= 0.3 is 0 Å². The van der Waals surface area contributed by atoms with Crippen LogP contribution >= 0.6 is 27.3 Å². The summed E-state index contributed by atoms with van der Waals surface area (Å²) in [7, 11) is 1.57. The Morgan fingerprint density at radius 3 is 2.75 bits per heavy atom. The number of amides is 1. The van der Waals surface area contributed by atoms with Gasteiger partial charge in [0.1, 0.15) is 17.2 Å². The fraction of sp³-hybridized carbons (Fsp3) is 0.0769. The number of fused-ring (bicyclic) bond motifs is 1. The highest BCUT2D eigenvalue weighted by molar-refractivity contribution is 9.11. The molecular formula is C13H9BrFN3OS. The molecule has 2 aromatic heterocycles. The van der Waals surface area contributed by atoms with Gasteiger partial charge in [-0.1, -0.05) is 11.3 Å². The van der Waals surface area contributed by atoms with Crippen molar-refractivity contribution in [2.24, 2.45) is 0 Å². The van der Waals surface area contributed by atoms with E-state index in [1.54, 1.807) is 29.8 Å². The average molecular weight is 354 g/mol. The lowest BCUT2D eigenvalue weighted by Gasteiger charge is -2.03. The lowest BCUT2D eigenvalue weighted by Crippen LogP contribution is -2.20. The number of aromatic nitrogens is 2. The number of hydrogen-bond acceptors (Lipinski definition) is 3. The molecule has 0 radical (unpaired) electrons. The zero-order valence-electron chi connectivity index (χ0n) is 10.4. The third kappa shape index (κ3) is 2.12. The van der Waals surface area contributed by atoms with Crippen LogP contribution < -0.4 is 5.32 Å². The van der Waals surface area contributed by atoms with E-state index in [1.807, 2.05) is 0 Å². The molecule has 0 aliphatic heterocycles. The van der Waals surface area contributed by atoms with Crippen molar-refractivity contribution < 1.29 is 9.18 Å². The van der Waals surface area contributed by atoms with E-state index in [0.717, 1.165) is 3.79 Å². The molecule has 3 rings (SSSR count). The minimum absolute atomic E-state index is 0.234. The van der Waals surface area contributed by atoms with Gasteiger partial charge in [-0.05, 0) is 40.2 Å². The van der Waals surface area contributed by atoms with Crippen LogP contribution in [0.3, 0.4) is 0 Å². The molecule has 1 N–H and O–H groups in total. The van der Waals surface area contributed by atoms with Gasteiger partial charge < -0.3 is 5.32 Å². The molecule has 2 heterocycles. The first-order valence-corrected chi connectivity index (χ1v) is 7.36. The second-order valence-corrected chi connectivity index (χ2v) is 6.47. The fourth-order valence-corrected chi connectivity index (χ4v) is 3.31. The maximum absolute atomic E-state index is 13.0. The van der Waals surface area contributed by atoms with Crippen LogP contribution in [0, 0.1) is 5.82 Å². The van der Waals surface area contributed by atoms with Gasteiger partial charge in [-0.2, -0.15) is 0 Å². The number of imidazole rings is 1. The van der Waals surface area contributed by atoms with E-state index < -0.39 is 0 Å². The van der Waals surface area contributed by atoms with E-state index in [2.05, 4.69) is 26.2 Å². The van der Waals surface area contributed by atoms with Gasteiger partial charge in [0.05, 0.1) is 3.79 Å². The molecule has 0 bridgehead atoms. The lowest BCUT2D eigenvalue weighted by atomic mass is 10.1. The third-order valence-electron chi connectivity index (χ3n) is 2.86. The summed E-state index contributed by atoms with van der Waals surface area (Å²) in [4.78, 5) is 17.3. The first-order valence-electron chi connectivity index (χ1n) is 5.75. The van der Waals surface area contributed by atoms with Gasteiger partial charge in [-0.3, -0.25) is 9.20 Å². The highest BCUT2D eigenvalue weighted by atomic mass is 79.9. The Hall–Kier alpha value is -1.73. The summed E-state index contributed by atoms with van der Waals surface area (Å²) in [6.07, 6.45) is 1.80. The molecule has 0 saturated heterocycles. The molecule has 0 atom stereocenters. The molecular weight excluding hydrogens is 345 g/mol. The monoisotopic (exact) mass is 353 g/mol. The highest BCUT2D eigenvalue weighted by Gasteiger charge is 2.21. The second-order valence-electron chi connectivity index (χ2n) is 4.08. The number of carbonyl (C=O) groups is 1. The van der Waals surface area contributed by atoms with Crippen LogP contribution in [0.1, 0.15) is 10.5 Å². The molecule has 1 aromatic carbocycles. The molecule has 0 fully saturated rings. The Bertz CT molecular complexity index is 794. The van der Waals surface area contributed by atoms with Crippen LogP contribution in [0.25, 0.3) is 16.2 Å². The normalized spacial score (nSPS) is 10.9. The van der Waals surface area contributed by atoms with Crippen molar-refractivity contribution in [2.45, 2.75) is 0 Å². The van der Waals surface area contributed by atoms with Crippen molar-refractivity contribution in [3.63, 3.8) is 0 Å². The van der Waals surface area contributed by atoms with Crippen LogP contribution in [-0.4, -0.2) is 22.3 Å². The van der Waals surface area contributed by atoms with Crippen molar-refractivity contribution in [3.8, 4) is 11.3 Å². The molecule has 7 heteroatoms. The molecule has 0 unspecified atom stereocenters. The molecule has 102 valence electrons. The second kappa shape index (κ2) is 4.99. The van der Waals surface area contributed by atoms with Gasteiger partial charge in [0.2, 0.25) is 0 Å². The fourth-order valence-electron chi connectivity index (χ4n) is 1.96. The topological polar surface area (TPSA) is 46.4 Å². The third-order valence-corrected chi connectivity index (χ3v) is 4.32. The van der Waals surface area contributed by atoms with E-state index in [1.165, 1.54) is 23.5 Å². The summed E-state index contributed by atoms with van der Waals surface area (Å²) >= 11 is 4.80.